The van der Waals surface area contributed by atoms with Gasteiger partial charge in [-0.15, -0.1) is 0 Å². The molecule has 3 nitrogen and oxygen atoms in total. The fourth-order valence-corrected chi connectivity index (χ4v) is 4.06. The van der Waals surface area contributed by atoms with Gasteiger partial charge in [0.1, 0.15) is 0 Å². The van der Waals surface area contributed by atoms with Crippen molar-refractivity contribution in [3.05, 3.63) is 0 Å². The van der Waals surface area contributed by atoms with Crippen LogP contribution in [-0.2, 0) is 0 Å². The lowest BCUT2D eigenvalue weighted by Gasteiger charge is -2.63. The monoisotopic (exact) mass is 224 g/mol. The molecule has 3 saturated carbocycles. The highest BCUT2D eigenvalue weighted by molar-refractivity contribution is 5.91. The molecule has 92 valence electrons. The summed E-state index contributed by atoms with van der Waals surface area (Å²) in [6.07, 6.45) is 1.31. The van der Waals surface area contributed by atoms with Gasteiger partial charge in [0.25, 0.3) is 0 Å². The van der Waals surface area contributed by atoms with Gasteiger partial charge in [0.05, 0.1) is 5.71 Å². The number of fused-ring (bicyclic) bond motifs is 2. The van der Waals surface area contributed by atoms with Crippen LogP contribution in [0.2, 0.25) is 0 Å². The van der Waals surface area contributed by atoms with Crippen molar-refractivity contribution in [3.8, 4) is 0 Å². The van der Waals surface area contributed by atoms with Crippen LogP contribution in [0, 0.1) is 29.1 Å². The molecule has 0 saturated heterocycles. The van der Waals surface area contributed by atoms with E-state index in [1.165, 1.54) is 6.42 Å². The lowest BCUT2D eigenvalue weighted by atomic mass is 9.42. The summed E-state index contributed by atoms with van der Waals surface area (Å²) in [7, 11) is 4.19. The van der Waals surface area contributed by atoms with Crippen LogP contribution in [0.3, 0.4) is 0 Å². The molecule has 0 heterocycles. The molecule has 1 N–H and O–H groups in total. The largest absolute Gasteiger partial charge is 0.411 e. The fraction of sp³-hybridized carbons (Fsp3) is 0.923. The normalized spacial score (nSPS) is 43.5. The van der Waals surface area contributed by atoms with Gasteiger partial charge in [0.15, 0.2) is 0 Å². The van der Waals surface area contributed by atoms with Crippen molar-refractivity contribution < 1.29 is 5.21 Å². The first-order chi connectivity index (χ1) is 7.39. The molecule has 0 aliphatic heterocycles. The van der Waals surface area contributed by atoms with Crippen LogP contribution < -0.4 is 0 Å². The second-order valence-electron chi connectivity index (χ2n) is 6.45. The minimum absolute atomic E-state index is 0.425. The first kappa shape index (κ1) is 11.9. The molecule has 3 rings (SSSR count). The Labute approximate surface area is 98.5 Å². The van der Waals surface area contributed by atoms with E-state index in [2.05, 4.69) is 44.9 Å². The van der Waals surface area contributed by atoms with Gasteiger partial charge in [-0.2, -0.15) is 0 Å². The summed E-state index contributed by atoms with van der Waals surface area (Å²) in [6.45, 7) is 7.97. The van der Waals surface area contributed by atoms with Crippen LogP contribution in [0.1, 0.15) is 27.2 Å². The van der Waals surface area contributed by atoms with E-state index < -0.39 is 0 Å². The van der Waals surface area contributed by atoms with Crippen LogP contribution in [-0.4, -0.2) is 36.5 Å². The lowest BCUT2D eigenvalue weighted by Crippen LogP contribution is -2.61. The second-order valence-corrected chi connectivity index (χ2v) is 6.45. The minimum Gasteiger partial charge on any atom is -0.411 e. The Morgan fingerprint density at radius 2 is 2.00 bits per heavy atom. The van der Waals surface area contributed by atoms with E-state index in [4.69, 9.17) is 0 Å². The molecule has 2 bridgehead atoms. The van der Waals surface area contributed by atoms with Crippen molar-refractivity contribution in [2.45, 2.75) is 27.2 Å². The zero-order valence-electron chi connectivity index (χ0n) is 11.1. The molecule has 3 heteroatoms. The van der Waals surface area contributed by atoms with Gasteiger partial charge in [0.2, 0.25) is 0 Å². The van der Waals surface area contributed by atoms with E-state index in [1.807, 2.05) is 0 Å². The number of nitrogens with zero attached hydrogens (tertiary/aromatic N) is 2. The van der Waals surface area contributed by atoms with E-state index in [9.17, 15) is 5.21 Å². The van der Waals surface area contributed by atoms with Crippen LogP contribution >= 0.6 is 0 Å². The van der Waals surface area contributed by atoms with Crippen molar-refractivity contribution in [2.75, 3.05) is 20.6 Å². The SMILES string of the molecule is C[C@H]1/C(=N\O)[C@@H](CN(C)C)[C@H]2C[C@H]1C2(C)C. The van der Waals surface area contributed by atoms with Gasteiger partial charge in [-0.3, -0.25) is 0 Å². The first-order valence-corrected chi connectivity index (χ1v) is 6.26. The Hall–Kier alpha value is -0.570. The summed E-state index contributed by atoms with van der Waals surface area (Å²) >= 11 is 0. The van der Waals surface area contributed by atoms with Crippen LogP contribution in [0.15, 0.2) is 5.16 Å². The third kappa shape index (κ3) is 1.48. The molecule has 3 fully saturated rings. The Morgan fingerprint density at radius 1 is 1.38 bits per heavy atom. The summed E-state index contributed by atoms with van der Waals surface area (Å²) in [5.41, 5.74) is 1.46. The Bertz CT molecular complexity index is 309. The van der Waals surface area contributed by atoms with Crippen molar-refractivity contribution in [3.63, 3.8) is 0 Å². The molecule has 0 aromatic carbocycles. The van der Waals surface area contributed by atoms with Crippen molar-refractivity contribution in [1.29, 1.82) is 0 Å². The van der Waals surface area contributed by atoms with Gasteiger partial charge < -0.3 is 10.1 Å². The minimum atomic E-state index is 0.425. The smallest absolute Gasteiger partial charge is 0.0648 e. The van der Waals surface area contributed by atoms with E-state index in [-0.39, 0.29) is 0 Å². The highest BCUT2D eigenvalue weighted by Gasteiger charge is 2.59. The number of rotatable bonds is 2. The van der Waals surface area contributed by atoms with Crippen molar-refractivity contribution >= 4 is 5.71 Å². The van der Waals surface area contributed by atoms with Gasteiger partial charge in [-0.05, 0) is 37.8 Å². The molecule has 0 aromatic rings. The topological polar surface area (TPSA) is 35.8 Å². The second kappa shape index (κ2) is 3.73. The molecule has 0 unspecified atom stereocenters. The summed E-state index contributed by atoms with van der Waals surface area (Å²) in [6, 6.07) is 0. The molecule has 0 radical (unpaired) electrons. The summed E-state index contributed by atoms with van der Waals surface area (Å²) in [5.74, 6) is 2.29. The van der Waals surface area contributed by atoms with E-state index in [0.29, 0.717) is 29.1 Å². The average Bonchev–Trinajstić information content (AvgIpc) is 2.15. The Balaban J connectivity index is 2.25. The predicted octanol–water partition coefficient (Wildman–Crippen LogP) is 2.31. The lowest BCUT2D eigenvalue weighted by molar-refractivity contribution is -0.0855. The summed E-state index contributed by atoms with van der Waals surface area (Å²) in [4.78, 5) is 2.21. The number of hydrogen-bond donors (Lipinski definition) is 1. The zero-order valence-corrected chi connectivity index (χ0v) is 11.1. The van der Waals surface area contributed by atoms with Crippen LogP contribution in [0.4, 0.5) is 0 Å². The Morgan fingerprint density at radius 3 is 2.44 bits per heavy atom. The van der Waals surface area contributed by atoms with Gasteiger partial charge in [0, 0.05) is 18.4 Å². The number of hydrogen-bond acceptors (Lipinski definition) is 3. The third-order valence-corrected chi connectivity index (χ3v) is 5.03. The number of oxime groups is 1. The molecule has 0 amide bonds. The van der Waals surface area contributed by atoms with Gasteiger partial charge >= 0.3 is 0 Å². The van der Waals surface area contributed by atoms with Gasteiger partial charge in [-0.1, -0.05) is 25.9 Å². The summed E-state index contributed by atoms with van der Waals surface area (Å²) < 4.78 is 0. The van der Waals surface area contributed by atoms with E-state index in [1.54, 1.807) is 0 Å². The maximum Gasteiger partial charge on any atom is 0.0648 e. The van der Waals surface area contributed by atoms with E-state index in [0.717, 1.165) is 12.3 Å². The average molecular weight is 224 g/mol. The highest BCUT2D eigenvalue weighted by atomic mass is 16.4. The molecule has 3 aliphatic rings. The Kier molecular flexibility index (Phi) is 2.77. The highest BCUT2D eigenvalue weighted by Crippen LogP contribution is 2.62. The fourth-order valence-electron chi connectivity index (χ4n) is 4.06. The molecule has 16 heavy (non-hydrogen) atoms. The molecule has 0 aromatic heterocycles. The zero-order chi connectivity index (χ0) is 12.1. The molecular formula is C13H24N2O. The predicted molar refractivity (Wildman–Crippen MR) is 65.8 cm³/mol. The maximum absolute atomic E-state index is 9.22. The molecule has 4 atom stereocenters. The third-order valence-electron chi connectivity index (χ3n) is 5.03. The molecule has 3 aliphatic carbocycles. The maximum atomic E-state index is 9.22. The first-order valence-electron chi connectivity index (χ1n) is 6.26. The van der Waals surface area contributed by atoms with Crippen molar-refractivity contribution in [1.82, 2.24) is 4.90 Å². The van der Waals surface area contributed by atoms with Gasteiger partial charge in [-0.25, -0.2) is 0 Å². The quantitative estimate of drug-likeness (QED) is 0.577. The summed E-state index contributed by atoms with van der Waals surface area (Å²) in [5, 5.41) is 12.8. The van der Waals surface area contributed by atoms with Crippen LogP contribution in [0.5, 0.6) is 0 Å². The van der Waals surface area contributed by atoms with E-state index >= 15 is 0 Å². The molecule has 0 spiro atoms. The molecular weight excluding hydrogens is 200 g/mol. The standard InChI is InChI=1S/C13H24N2O/c1-8-10-6-11(13(10,2)3)9(7-15(4)5)12(8)14-16/h8-11,16H,6-7H2,1-5H3/b14-12+/t8-,9+,10-,11-/m1/s1. The van der Waals surface area contributed by atoms with Crippen molar-refractivity contribution in [2.24, 2.45) is 34.2 Å². The van der Waals surface area contributed by atoms with Crippen LogP contribution in [0.25, 0.3) is 0 Å².